The highest BCUT2D eigenvalue weighted by Crippen LogP contribution is 2.49. The van der Waals surface area contributed by atoms with Gasteiger partial charge in [-0.15, -0.1) is 0 Å². The third-order valence-corrected chi connectivity index (χ3v) is 7.36. The predicted octanol–water partition coefficient (Wildman–Crippen LogP) is 4.09. The average Bonchev–Trinajstić information content (AvgIpc) is 3.15. The number of benzene rings is 2. The van der Waals surface area contributed by atoms with Crippen molar-refractivity contribution in [1.82, 2.24) is 10.2 Å². The molecule has 0 bridgehead atoms. The van der Waals surface area contributed by atoms with E-state index in [1.165, 1.54) is 17.7 Å². The largest absolute Gasteiger partial charge is 0.493 e. The zero-order chi connectivity index (χ0) is 23.6. The van der Waals surface area contributed by atoms with Gasteiger partial charge in [-0.25, -0.2) is 0 Å². The summed E-state index contributed by atoms with van der Waals surface area (Å²) < 4.78 is 11.0. The predicted molar refractivity (Wildman–Crippen MR) is 132 cm³/mol. The number of likely N-dealkylation sites (tertiary alicyclic amines) is 1. The average molecular weight is 471 g/mol. The van der Waals surface area contributed by atoms with Gasteiger partial charge in [0.1, 0.15) is 0 Å². The summed E-state index contributed by atoms with van der Waals surface area (Å²) in [6, 6.07) is 13.3. The van der Waals surface area contributed by atoms with Crippen LogP contribution in [0.1, 0.15) is 31.2 Å². The number of rotatable bonds is 6. The second-order valence-electron chi connectivity index (χ2n) is 8.85. The van der Waals surface area contributed by atoms with Crippen molar-refractivity contribution in [3.05, 3.63) is 58.1 Å². The van der Waals surface area contributed by atoms with Crippen molar-refractivity contribution in [2.45, 2.75) is 43.2 Å². The van der Waals surface area contributed by atoms with Crippen molar-refractivity contribution in [2.24, 2.45) is 0 Å². The van der Waals surface area contributed by atoms with E-state index < -0.39 is 4.92 Å². The Balaban J connectivity index is 1.47. The summed E-state index contributed by atoms with van der Waals surface area (Å²) in [5, 5.41) is 18.0. The Morgan fingerprint density at radius 2 is 1.97 bits per heavy atom. The molecule has 0 amide bonds. The monoisotopic (exact) mass is 470 g/mol. The molecule has 0 unspecified atom stereocenters. The van der Waals surface area contributed by atoms with E-state index in [4.69, 9.17) is 21.7 Å². The van der Waals surface area contributed by atoms with Crippen molar-refractivity contribution in [2.75, 3.05) is 33.1 Å². The summed E-state index contributed by atoms with van der Waals surface area (Å²) in [6.07, 6.45) is 4.08. The van der Waals surface area contributed by atoms with E-state index in [9.17, 15) is 10.1 Å². The summed E-state index contributed by atoms with van der Waals surface area (Å²) in [7, 11) is 5.52. The number of nitrogens with zero attached hydrogens (tertiary/aromatic N) is 2. The first kappa shape index (κ1) is 23.3. The van der Waals surface area contributed by atoms with E-state index in [-0.39, 0.29) is 17.1 Å². The minimum atomic E-state index is -0.410. The van der Waals surface area contributed by atoms with Crippen LogP contribution in [0.4, 0.5) is 11.4 Å². The van der Waals surface area contributed by atoms with Crippen LogP contribution in [0.5, 0.6) is 11.5 Å². The normalized spacial score (nSPS) is 24.6. The van der Waals surface area contributed by atoms with Crippen LogP contribution in [0.2, 0.25) is 0 Å². The number of nitrogens with one attached hydrogen (secondary N) is 2. The van der Waals surface area contributed by atoms with Crippen LogP contribution < -0.4 is 20.1 Å². The van der Waals surface area contributed by atoms with Crippen molar-refractivity contribution in [3.8, 4) is 11.5 Å². The topological polar surface area (TPSA) is 88.9 Å². The van der Waals surface area contributed by atoms with Gasteiger partial charge in [0.05, 0.1) is 19.1 Å². The summed E-state index contributed by atoms with van der Waals surface area (Å²) in [4.78, 5) is 13.1. The van der Waals surface area contributed by atoms with Gasteiger partial charge in [0.15, 0.2) is 16.6 Å². The molecule has 1 aliphatic heterocycles. The number of fused-ring (bicyclic) bond motifs is 1. The van der Waals surface area contributed by atoms with E-state index in [0.29, 0.717) is 16.8 Å². The van der Waals surface area contributed by atoms with Crippen molar-refractivity contribution < 1.29 is 14.4 Å². The zero-order valence-corrected chi connectivity index (χ0v) is 20.0. The number of non-ortho nitro benzene ring substituents is 1. The van der Waals surface area contributed by atoms with Gasteiger partial charge in [0, 0.05) is 35.3 Å². The molecule has 2 fully saturated rings. The lowest BCUT2D eigenvalue weighted by molar-refractivity contribution is -0.384. The first-order chi connectivity index (χ1) is 15.9. The first-order valence-electron chi connectivity index (χ1n) is 11.1. The Kier molecular flexibility index (Phi) is 6.71. The summed E-state index contributed by atoms with van der Waals surface area (Å²) in [6.45, 7) is 1.04. The molecule has 1 heterocycles. The summed E-state index contributed by atoms with van der Waals surface area (Å²) in [5.74, 6) is 1.51. The maximum Gasteiger partial charge on any atom is 0.271 e. The third kappa shape index (κ3) is 4.60. The highest BCUT2D eigenvalue weighted by atomic mass is 32.1. The Labute approximate surface area is 199 Å². The zero-order valence-electron chi connectivity index (χ0n) is 19.2. The lowest BCUT2D eigenvalue weighted by atomic mass is 9.65. The molecule has 0 aromatic heterocycles. The molecule has 3 atom stereocenters. The quantitative estimate of drug-likeness (QED) is 0.371. The molecule has 2 aromatic rings. The molecule has 1 aliphatic carbocycles. The number of ether oxygens (including phenoxy) is 2. The summed E-state index contributed by atoms with van der Waals surface area (Å²) in [5.41, 5.74) is 2.01. The molecule has 33 heavy (non-hydrogen) atoms. The number of likely N-dealkylation sites (N-methyl/N-ethyl adjacent to an activating group) is 1. The van der Waals surface area contributed by atoms with Gasteiger partial charge in [-0.3, -0.25) is 10.1 Å². The van der Waals surface area contributed by atoms with Crippen molar-refractivity contribution in [3.63, 3.8) is 0 Å². The number of anilines is 1. The van der Waals surface area contributed by atoms with Crippen LogP contribution in [0.3, 0.4) is 0 Å². The number of thiocarbonyl (C=S) groups is 1. The molecule has 2 aliphatic rings. The lowest BCUT2D eigenvalue weighted by Gasteiger charge is -2.45. The summed E-state index contributed by atoms with van der Waals surface area (Å²) >= 11 is 5.52. The van der Waals surface area contributed by atoms with Crippen LogP contribution >= 0.6 is 12.2 Å². The third-order valence-electron chi connectivity index (χ3n) is 7.14. The molecule has 1 saturated heterocycles. The second kappa shape index (κ2) is 9.52. The fraction of sp³-hybridized carbons (Fsp3) is 0.458. The standard InChI is InChI=1S/C24H30N4O4S/c1-27-12-11-24(16-7-8-20(31-2)21(13-16)32-3)10-9-18(15-22(24)27)26-23(33)25-17-5-4-6-19(14-17)28(29)30/h4-8,13-14,18,22H,9-12,15H2,1-3H3,(H2,25,26,33)/t18-,22+,24+/m1/s1. The molecule has 0 radical (unpaired) electrons. The maximum absolute atomic E-state index is 11.0. The molecular formula is C24H30N4O4S. The van der Waals surface area contributed by atoms with Gasteiger partial charge >= 0.3 is 0 Å². The second-order valence-corrected chi connectivity index (χ2v) is 9.26. The number of nitro benzene ring substituents is 1. The number of methoxy groups -OCH3 is 2. The molecule has 4 rings (SSSR count). The number of nitro groups is 1. The number of hydrogen-bond acceptors (Lipinski definition) is 6. The van der Waals surface area contributed by atoms with Gasteiger partial charge in [0.25, 0.3) is 5.69 Å². The highest BCUT2D eigenvalue weighted by molar-refractivity contribution is 7.80. The Morgan fingerprint density at radius 3 is 2.70 bits per heavy atom. The van der Waals surface area contributed by atoms with Gasteiger partial charge in [-0.2, -0.15) is 0 Å². The minimum Gasteiger partial charge on any atom is -0.493 e. The molecule has 1 saturated carbocycles. The van der Waals surface area contributed by atoms with Gasteiger partial charge in [-0.1, -0.05) is 12.1 Å². The molecule has 176 valence electrons. The molecule has 9 heteroatoms. The van der Waals surface area contributed by atoms with Crippen LogP contribution in [-0.4, -0.2) is 54.8 Å². The van der Waals surface area contributed by atoms with E-state index in [2.05, 4.69) is 34.7 Å². The van der Waals surface area contributed by atoms with E-state index in [0.717, 1.165) is 43.7 Å². The lowest BCUT2D eigenvalue weighted by Crippen LogP contribution is -2.52. The van der Waals surface area contributed by atoms with E-state index in [1.807, 2.05) is 6.07 Å². The van der Waals surface area contributed by atoms with Crippen LogP contribution in [0.25, 0.3) is 0 Å². The Bertz CT molecular complexity index is 1050. The fourth-order valence-corrected chi connectivity index (χ4v) is 5.73. The van der Waals surface area contributed by atoms with E-state index in [1.54, 1.807) is 26.4 Å². The van der Waals surface area contributed by atoms with Crippen molar-refractivity contribution >= 4 is 28.7 Å². The maximum atomic E-state index is 11.0. The first-order valence-corrected chi connectivity index (χ1v) is 11.5. The van der Waals surface area contributed by atoms with Crippen LogP contribution in [0, 0.1) is 10.1 Å². The Hall–Kier alpha value is -2.91. The van der Waals surface area contributed by atoms with Crippen LogP contribution in [-0.2, 0) is 5.41 Å². The number of hydrogen-bond donors (Lipinski definition) is 2. The minimum absolute atomic E-state index is 0.0350. The Morgan fingerprint density at radius 1 is 1.18 bits per heavy atom. The van der Waals surface area contributed by atoms with Gasteiger partial charge in [0.2, 0.25) is 0 Å². The highest BCUT2D eigenvalue weighted by Gasteiger charge is 2.50. The molecule has 0 spiro atoms. The van der Waals surface area contributed by atoms with E-state index >= 15 is 0 Å². The van der Waals surface area contributed by atoms with Crippen LogP contribution in [0.15, 0.2) is 42.5 Å². The van der Waals surface area contributed by atoms with Gasteiger partial charge in [-0.05, 0) is 75.3 Å². The fourth-order valence-electron chi connectivity index (χ4n) is 5.44. The molecule has 2 aromatic carbocycles. The smallest absolute Gasteiger partial charge is 0.271 e. The molecule has 8 nitrogen and oxygen atoms in total. The SMILES string of the molecule is COc1ccc([C@@]23CC[C@@H](NC(=S)Nc4cccc([N+](=O)[O-])c4)C[C@@H]2N(C)CC3)cc1OC. The molecule has 2 N–H and O–H groups in total. The van der Waals surface area contributed by atoms with Crippen molar-refractivity contribution in [1.29, 1.82) is 0 Å². The molecular weight excluding hydrogens is 440 g/mol. The van der Waals surface area contributed by atoms with Gasteiger partial charge < -0.3 is 25.0 Å².